The zero-order valence-electron chi connectivity index (χ0n) is 10.3. The van der Waals surface area contributed by atoms with Gasteiger partial charge in [0.1, 0.15) is 5.82 Å². The summed E-state index contributed by atoms with van der Waals surface area (Å²) in [5.41, 5.74) is 2.15. The molecular weight excluding hydrogens is 294 g/mol. The van der Waals surface area contributed by atoms with Gasteiger partial charge in [-0.3, -0.25) is 0 Å². The molecule has 5 heteroatoms. The van der Waals surface area contributed by atoms with Crippen LogP contribution in [0.3, 0.4) is 0 Å². The van der Waals surface area contributed by atoms with Crippen LogP contribution in [0.4, 0.5) is 5.82 Å². The number of anilines is 1. The number of hydrogen-bond acceptors (Lipinski definition) is 4. The van der Waals surface area contributed by atoms with Gasteiger partial charge in [0.2, 0.25) is 5.88 Å². The topological polar surface area (TPSA) is 47.0 Å². The number of nitrogens with zero attached hydrogens (tertiary/aromatic N) is 2. The molecule has 0 radical (unpaired) electrons. The number of aryl methyl sites for hydroxylation is 1. The Morgan fingerprint density at radius 1 is 1.39 bits per heavy atom. The summed E-state index contributed by atoms with van der Waals surface area (Å²) in [6, 6.07) is 5.86. The summed E-state index contributed by atoms with van der Waals surface area (Å²) in [5, 5.41) is 3.25. The molecule has 0 unspecified atom stereocenters. The lowest BCUT2D eigenvalue weighted by atomic mass is 10.2. The van der Waals surface area contributed by atoms with E-state index in [0.717, 1.165) is 21.4 Å². The molecule has 2 heterocycles. The number of halogens is 1. The monoisotopic (exact) mass is 307 g/mol. The Bertz CT molecular complexity index is 546. The average Bonchev–Trinajstić information content (AvgIpc) is 2.40. The highest BCUT2D eigenvalue weighted by Gasteiger charge is 2.04. The van der Waals surface area contributed by atoms with Crippen LogP contribution < -0.4 is 10.1 Å². The van der Waals surface area contributed by atoms with Crippen LogP contribution in [-0.2, 0) is 6.54 Å². The first-order chi connectivity index (χ1) is 8.70. The molecule has 1 N–H and O–H groups in total. The maximum atomic E-state index is 5.20. The molecule has 0 fully saturated rings. The van der Waals surface area contributed by atoms with E-state index < -0.39 is 0 Å². The van der Waals surface area contributed by atoms with E-state index >= 15 is 0 Å². The molecule has 0 aromatic carbocycles. The number of aromatic nitrogens is 2. The van der Waals surface area contributed by atoms with E-state index in [1.54, 1.807) is 19.5 Å². The van der Waals surface area contributed by atoms with Crippen molar-refractivity contribution < 1.29 is 4.74 Å². The molecule has 2 aromatic heterocycles. The SMILES string of the molecule is COc1ncccc1CNc1cc(C)c(Br)cn1. The number of ether oxygens (including phenoxy) is 1. The average molecular weight is 308 g/mol. The molecule has 4 nitrogen and oxygen atoms in total. The second kappa shape index (κ2) is 5.82. The van der Waals surface area contributed by atoms with Crippen LogP contribution in [0.5, 0.6) is 5.88 Å². The Balaban J connectivity index is 2.09. The van der Waals surface area contributed by atoms with Crippen molar-refractivity contribution in [1.29, 1.82) is 0 Å². The van der Waals surface area contributed by atoms with E-state index in [2.05, 4.69) is 31.2 Å². The highest BCUT2D eigenvalue weighted by molar-refractivity contribution is 9.10. The van der Waals surface area contributed by atoms with Gasteiger partial charge in [-0.1, -0.05) is 6.07 Å². The van der Waals surface area contributed by atoms with Gasteiger partial charge in [0.05, 0.1) is 7.11 Å². The van der Waals surface area contributed by atoms with E-state index in [-0.39, 0.29) is 0 Å². The van der Waals surface area contributed by atoms with Crippen LogP contribution in [0.25, 0.3) is 0 Å². The molecule has 0 saturated carbocycles. The lowest BCUT2D eigenvalue weighted by Crippen LogP contribution is -2.04. The van der Waals surface area contributed by atoms with Gasteiger partial charge in [-0.2, -0.15) is 0 Å². The molecule has 18 heavy (non-hydrogen) atoms. The summed E-state index contributed by atoms with van der Waals surface area (Å²) in [6.45, 7) is 2.66. The van der Waals surface area contributed by atoms with E-state index in [4.69, 9.17) is 4.74 Å². The number of methoxy groups -OCH3 is 1. The van der Waals surface area contributed by atoms with Gasteiger partial charge in [0.15, 0.2) is 0 Å². The molecule has 0 aliphatic heterocycles. The molecule has 0 saturated heterocycles. The van der Waals surface area contributed by atoms with Crippen LogP contribution in [0.2, 0.25) is 0 Å². The molecule has 2 rings (SSSR count). The van der Waals surface area contributed by atoms with Crippen molar-refractivity contribution >= 4 is 21.7 Å². The molecule has 0 spiro atoms. The first-order valence-corrected chi connectivity index (χ1v) is 6.34. The first-order valence-electron chi connectivity index (χ1n) is 5.54. The van der Waals surface area contributed by atoms with Crippen molar-refractivity contribution in [2.45, 2.75) is 13.5 Å². The molecule has 0 amide bonds. The minimum atomic E-state index is 0.630. The van der Waals surface area contributed by atoms with Crippen molar-refractivity contribution in [2.24, 2.45) is 0 Å². The summed E-state index contributed by atoms with van der Waals surface area (Å²) in [5.74, 6) is 1.47. The van der Waals surface area contributed by atoms with Crippen LogP contribution in [-0.4, -0.2) is 17.1 Å². The summed E-state index contributed by atoms with van der Waals surface area (Å²) in [4.78, 5) is 8.44. The van der Waals surface area contributed by atoms with Gasteiger partial charge >= 0.3 is 0 Å². The van der Waals surface area contributed by atoms with E-state index in [0.29, 0.717) is 12.4 Å². The van der Waals surface area contributed by atoms with E-state index in [9.17, 15) is 0 Å². The number of hydrogen-bond donors (Lipinski definition) is 1. The van der Waals surface area contributed by atoms with Crippen molar-refractivity contribution in [3.63, 3.8) is 0 Å². The molecule has 0 aliphatic carbocycles. The van der Waals surface area contributed by atoms with Gasteiger partial charge in [0.25, 0.3) is 0 Å². The predicted molar refractivity (Wildman–Crippen MR) is 74.8 cm³/mol. The summed E-state index contributed by atoms with van der Waals surface area (Å²) in [6.07, 6.45) is 3.50. The van der Waals surface area contributed by atoms with E-state index in [1.165, 1.54) is 0 Å². The van der Waals surface area contributed by atoms with Crippen molar-refractivity contribution in [2.75, 3.05) is 12.4 Å². The van der Waals surface area contributed by atoms with E-state index in [1.807, 2.05) is 25.1 Å². The fourth-order valence-corrected chi connectivity index (χ4v) is 1.78. The third-order valence-corrected chi connectivity index (χ3v) is 3.38. The molecule has 2 aromatic rings. The second-order valence-electron chi connectivity index (χ2n) is 3.84. The Morgan fingerprint density at radius 3 is 2.94 bits per heavy atom. The van der Waals surface area contributed by atoms with Crippen molar-refractivity contribution in [1.82, 2.24) is 9.97 Å². The predicted octanol–water partition coefficient (Wildman–Crippen LogP) is 3.17. The number of rotatable bonds is 4. The molecule has 0 aliphatic rings. The fourth-order valence-electron chi connectivity index (χ4n) is 1.56. The minimum Gasteiger partial charge on any atom is -0.481 e. The maximum absolute atomic E-state index is 5.20. The number of pyridine rings is 2. The second-order valence-corrected chi connectivity index (χ2v) is 4.70. The third kappa shape index (κ3) is 2.98. The fraction of sp³-hybridized carbons (Fsp3) is 0.231. The Kier molecular flexibility index (Phi) is 4.15. The van der Waals surface area contributed by atoms with Crippen LogP contribution in [0.15, 0.2) is 35.1 Å². The Hall–Kier alpha value is -1.62. The van der Waals surface area contributed by atoms with Crippen LogP contribution >= 0.6 is 15.9 Å². The quantitative estimate of drug-likeness (QED) is 0.942. The van der Waals surface area contributed by atoms with Crippen molar-refractivity contribution in [3.05, 3.63) is 46.2 Å². The Labute approximate surface area is 115 Å². The van der Waals surface area contributed by atoms with Gasteiger partial charge in [-0.15, -0.1) is 0 Å². The van der Waals surface area contributed by atoms with Gasteiger partial charge in [0, 0.05) is 29.0 Å². The lowest BCUT2D eigenvalue weighted by molar-refractivity contribution is 0.393. The molecule has 0 bridgehead atoms. The summed E-state index contributed by atoms with van der Waals surface area (Å²) < 4.78 is 6.20. The first kappa shape index (κ1) is 12.8. The summed E-state index contributed by atoms with van der Waals surface area (Å²) in [7, 11) is 1.62. The third-order valence-electron chi connectivity index (χ3n) is 2.55. The number of nitrogens with one attached hydrogen (secondary N) is 1. The van der Waals surface area contributed by atoms with Gasteiger partial charge < -0.3 is 10.1 Å². The smallest absolute Gasteiger partial charge is 0.218 e. The lowest BCUT2D eigenvalue weighted by Gasteiger charge is -2.09. The molecule has 0 atom stereocenters. The Morgan fingerprint density at radius 2 is 2.22 bits per heavy atom. The highest BCUT2D eigenvalue weighted by atomic mass is 79.9. The van der Waals surface area contributed by atoms with Crippen LogP contribution in [0.1, 0.15) is 11.1 Å². The van der Waals surface area contributed by atoms with Crippen molar-refractivity contribution in [3.8, 4) is 5.88 Å². The van der Waals surface area contributed by atoms with Gasteiger partial charge in [-0.25, -0.2) is 9.97 Å². The molecule has 94 valence electrons. The highest BCUT2D eigenvalue weighted by Crippen LogP contribution is 2.19. The summed E-state index contributed by atoms with van der Waals surface area (Å²) >= 11 is 3.43. The molecular formula is C13H14BrN3O. The normalized spacial score (nSPS) is 10.2. The van der Waals surface area contributed by atoms with Crippen LogP contribution in [0, 0.1) is 6.92 Å². The standard InChI is InChI=1S/C13H14BrN3O/c1-9-6-12(17-8-11(9)14)16-7-10-4-3-5-15-13(10)18-2/h3-6,8H,7H2,1-2H3,(H,16,17). The minimum absolute atomic E-state index is 0.630. The van der Waals surface area contributed by atoms with Gasteiger partial charge in [-0.05, 0) is 40.5 Å². The largest absolute Gasteiger partial charge is 0.481 e. The zero-order chi connectivity index (χ0) is 13.0. The zero-order valence-corrected chi connectivity index (χ0v) is 11.9. The maximum Gasteiger partial charge on any atom is 0.218 e.